The maximum Gasteiger partial charge on any atom is 0.176 e. The number of ketones is 1. The van der Waals surface area contributed by atoms with Crippen molar-refractivity contribution in [2.45, 2.75) is 51.1 Å². The molecule has 6 nitrogen and oxygen atoms in total. The first-order valence-electron chi connectivity index (χ1n) is 8.81. The molecule has 2 heterocycles. The number of ether oxygens (including phenoxy) is 2. The summed E-state index contributed by atoms with van der Waals surface area (Å²) in [6.07, 6.45) is -0.575. The van der Waals surface area contributed by atoms with Gasteiger partial charge in [0.1, 0.15) is 29.5 Å². The molecule has 0 aromatic heterocycles. The van der Waals surface area contributed by atoms with E-state index in [1.807, 2.05) is 19.9 Å². The summed E-state index contributed by atoms with van der Waals surface area (Å²) < 4.78 is 12.1. The number of allylic oxidation sites excluding steroid dienone is 1. The number of carbonyl (C=O) groups is 1. The average Bonchev–Trinajstić information content (AvgIpc) is 2.52. The lowest BCUT2D eigenvalue weighted by Gasteiger charge is -2.43. The van der Waals surface area contributed by atoms with E-state index in [2.05, 4.69) is 0 Å². The van der Waals surface area contributed by atoms with E-state index < -0.39 is 30.3 Å². The Hall–Kier alpha value is -2.31. The lowest BCUT2D eigenvalue weighted by atomic mass is 9.74. The summed E-state index contributed by atoms with van der Waals surface area (Å²) in [6, 6.07) is 4.66. The van der Waals surface area contributed by atoms with Crippen molar-refractivity contribution in [3.05, 3.63) is 41.0 Å². The molecule has 0 spiro atoms. The van der Waals surface area contributed by atoms with Gasteiger partial charge in [0.05, 0.1) is 29.3 Å². The number of hydrogen-bond acceptors (Lipinski definition) is 6. The lowest BCUT2D eigenvalue weighted by Crippen LogP contribution is -2.52. The van der Waals surface area contributed by atoms with E-state index in [9.17, 15) is 20.1 Å². The zero-order chi connectivity index (χ0) is 18.6. The van der Waals surface area contributed by atoms with E-state index in [0.29, 0.717) is 29.1 Å². The number of phenolic OH excluding ortho intramolecular Hbond substituents is 1. The van der Waals surface area contributed by atoms with Crippen molar-refractivity contribution in [1.29, 1.82) is 0 Å². The van der Waals surface area contributed by atoms with E-state index >= 15 is 0 Å². The first kappa shape index (κ1) is 17.1. The smallest absolute Gasteiger partial charge is 0.176 e. The number of rotatable bonds is 1. The number of benzene rings is 1. The summed E-state index contributed by atoms with van der Waals surface area (Å²) in [5.74, 6) is 0.0207. The topological polar surface area (TPSA) is 96.2 Å². The number of phenols is 1. The van der Waals surface area contributed by atoms with Crippen molar-refractivity contribution in [3.8, 4) is 11.5 Å². The van der Waals surface area contributed by atoms with Crippen LogP contribution in [0.25, 0.3) is 5.76 Å². The molecule has 138 valence electrons. The quantitative estimate of drug-likeness (QED) is 0.664. The van der Waals surface area contributed by atoms with Crippen LogP contribution in [0.2, 0.25) is 0 Å². The van der Waals surface area contributed by atoms with Gasteiger partial charge in [-0.15, -0.1) is 0 Å². The molecule has 6 heteroatoms. The Morgan fingerprint density at radius 1 is 1.19 bits per heavy atom. The van der Waals surface area contributed by atoms with Gasteiger partial charge in [0.2, 0.25) is 0 Å². The summed E-state index contributed by atoms with van der Waals surface area (Å²) in [5, 5.41) is 30.1. The van der Waals surface area contributed by atoms with Gasteiger partial charge >= 0.3 is 0 Å². The number of aliphatic hydroxyl groups is 2. The van der Waals surface area contributed by atoms with Crippen LogP contribution in [-0.2, 0) is 9.53 Å². The second-order valence-electron chi connectivity index (χ2n) is 7.44. The molecular weight excluding hydrogens is 336 g/mol. The van der Waals surface area contributed by atoms with Crippen LogP contribution >= 0.6 is 0 Å². The highest BCUT2D eigenvalue weighted by Gasteiger charge is 2.50. The third-order valence-corrected chi connectivity index (χ3v) is 5.15. The maximum atomic E-state index is 13.2. The standard InChI is InChI=1S/C20H22O6/c1-9(2)5-15-18-19(24)17-13(23)6-11(22)8-16(17)26-20(18)12-4-3-10(21)7-14(12)25-15/h3-5,7,11,13,15-17,21-23H,6,8H2,1-2H3. The van der Waals surface area contributed by atoms with E-state index in [1.165, 1.54) is 12.1 Å². The summed E-state index contributed by atoms with van der Waals surface area (Å²) in [5.41, 5.74) is 1.96. The normalized spacial score (nSPS) is 32.6. The van der Waals surface area contributed by atoms with Crippen LogP contribution < -0.4 is 4.74 Å². The average molecular weight is 358 g/mol. The zero-order valence-electron chi connectivity index (χ0n) is 14.7. The molecule has 4 rings (SSSR count). The van der Waals surface area contributed by atoms with Gasteiger partial charge in [-0.3, -0.25) is 4.79 Å². The van der Waals surface area contributed by atoms with Crippen LogP contribution in [0.4, 0.5) is 0 Å². The van der Waals surface area contributed by atoms with E-state index in [0.717, 1.165) is 5.57 Å². The number of aliphatic hydroxyl groups excluding tert-OH is 2. The monoisotopic (exact) mass is 358 g/mol. The molecule has 2 aliphatic heterocycles. The Labute approximate surface area is 151 Å². The predicted molar refractivity (Wildman–Crippen MR) is 93.5 cm³/mol. The molecule has 3 N–H and O–H groups in total. The fourth-order valence-electron chi connectivity index (χ4n) is 4.05. The van der Waals surface area contributed by atoms with Crippen LogP contribution in [0.5, 0.6) is 11.5 Å². The van der Waals surface area contributed by atoms with Crippen molar-refractivity contribution < 1.29 is 29.6 Å². The second-order valence-corrected chi connectivity index (χ2v) is 7.44. The molecule has 26 heavy (non-hydrogen) atoms. The van der Waals surface area contributed by atoms with Crippen molar-refractivity contribution in [1.82, 2.24) is 0 Å². The van der Waals surface area contributed by atoms with E-state index in [1.54, 1.807) is 6.07 Å². The SMILES string of the molecule is CC(C)=CC1Oc2cc(O)ccc2C2=C1C(=O)C1C(O)CC(O)CC1O2. The van der Waals surface area contributed by atoms with Crippen LogP contribution in [0, 0.1) is 5.92 Å². The van der Waals surface area contributed by atoms with Crippen LogP contribution in [0.1, 0.15) is 32.3 Å². The van der Waals surface area contributed by atoms with Crippen molar-refractivity contribution in [3.63, 3.8) is 0 Å². The van der Waals surface area contributed by atoms with Gasteiger partial charge in [-0.25, -0.2) is 0 Å². The highest BCUT2D eigenvalue weighted by molar-refractivity contribution is 6.07. The molecule has 1 aliphatic carbocycles. The van der Waals surface area contributed by atoms with Gasteiger partial charge < -0.3 is 24.8 Å². The molecule has 0 bridgehead atoms. The molecule has 5 unspecified atom stereocenters. The van der Waals surface area contributed by atoms with Crippen LogP contribution in [-0.4, -0.2) is 45.5 Å². The van der Waals surface area contributed by atoms with E-state index in [-0.39, 0.29) is 18.0 Å². The molecule has 3 aliphatic rings. The highest BCUT2D eigenvalue weighted by atomic mass is 16.5. The minimum atomic E-state index is -0.945. The Morgan fingerprint density at radius 2 is 1.96 bits per heavy atom. The van der Waals surface area contributed by atoms with Crippen molar-refractivity contribution >= 4 is 11.5 Å². The summed E-state index contributed by atoms with van der Waals surface area (Å²) in [7, 11) is 0. The summed E-state index contributed by atoms with van der Waals surface area (Å²) in [6.45, 7) is 3.81. The van der Waals surface area contributed by atoms with Gasteiger partial charge in [0.25, 0.3) is 0 Å². The molecule has 1 aromatic carbocycles. The Balaban J connectivity index is 1.87. The molecule has 0 saturated heterocycles. The van der Waals surface area contributed by atoms with Gasteiger partial charge in [0.15, 0.2) is 5.78 Å². The molecule has 0 radical (unpaired) electrons. The number of fused-ring (bicyclic) bond motifs is 3. The van der Waals surface area contributed by atoms with Crippen LogP contribution in [0.3, 0.4) is 0 Å². The maximum absolute atomic E-state index is 13.2. The first-order valence-corrected chi connectivity index (χ1v) is 8.81. The largest absolute Gasteiger partial charge is 0.508 e. The molecule has 1 fully saturated rings. The number of aromatic hydroxyl groups is 1. The Bertz CT molecular complexity index is 820. The van der Waals surface area contributed by atoms with Gasteiger partial charge in [0, 0.05) is 18.9 Å². The van der Waals surface area contributed by atoms with E-state index in [4.69, 9.17) is 9.47 Å². The second kappa shape index (κ2) is 6.14. The Morgan fingerprint density at radius 3 is 2.69 bits per heavy atom. The molecule has 1 saturated carbocycles. The highest BCUT2D eigenvalue weighted by Crippen LogP contribution is 2.46. The lowest BCUT2D eigenvalue weighted by molar-refractivity contribution is -0.139. The summed E-state index contributed by atoms with van der Waals surface area (Å²) >= 11 is 0. The number of carbonyl (C=O) groups excluding carboxylic acids is 1. The van der Waals surface area contributed by atoms with Crippen molar-refractivity contribution in [2.75, 3.05) is 0 Å². The third-order valence-electron chi connectivity index (χ3n) is 5.15. The Kier molecular flexibility index (Phi) is 4.04. The number of hydrogen-bond donors (Lipinski definition) is 3. The van der Waals surface area contributed by atoms with Gasteiger partial charge in [-0.2, -0.15) is 0 Å². The minimum absolute atomic E-state index is 0.0623. The third kappa shape index (κ3) is 2.70. The zero-order valence-corrected chi connectivity index (χ0v) is 14.7. The fourth-order valence-corrected chi connectivity index (χ4v) is 4.05. The molecule has 5 atom stereocenters. The van der Waals surface area contributed by atoms with Gasteiger partial charge in [-0.1, -0.05) is 5.57 Å². The van der Waals surface area contributed by atoms with Crippen molar-refractivity contribution in [2.24, 2.45) is 5.92 Å². The molecule has 1 aromatic rings. The predicted octanol–water partition coefficient (Wildman–Crippen LogP) is 1.93. The number of Topliss-reactive ketones (excluding diaryl/α,β-unsaturated/α-hetero) is 1. The minimum Gasteiger partial charge on any atom is -0.508 e. The first-order chi connectivity index (χ1) is 12.3. The summed E-state index contributed by atoms with van der Waals surface area (Å²) in [4.78, 5) is 13.2. The van der Waals surface area contributed by atoms with Gasteiger partial charge in [-0.05, 0) is 32.1 Å². The fraction of sp³-hybridized carbons (Fsp3) is 0.450. The molecular formula is C20H22O6. The molecule has 0 amide bonds. The van der Waals surface area contributed by atoms with Crippen LogP contribution in [0.15, 0.2) is 35.4 Å².